The molecule has 23 heavy (non-hydrogen) atoms. The van der Waals surface area contributed by atoms with Gasteiger partial charge >= 0.3 is 0 Å². The SMILES string of the molecule is O=C(CCCC(=O)c1cccs1)NCC(=O)c1ccc(F)cc1. The van der Waals surface area contributed by atoms with Crippen molar-refractivity contribution < 1.29 is 18.8 Å². The molecule has 0 aliphatic rings. The maximum atomic E-state index is 12.8. The molecule has 6 heteroatoms. The Bertz CT molecular complexity index is 680. The summed E-state index contributed by atoms with van der Waals surface area (Å²) in [5.41, 5.74) is 0.347. The van der Waals surface area contributed by atoms with Crippen molar-refractivity contribution in [2.24, 2.45) is 0 Å². The molecular weight excluding hydrogens is 317 g/mol. The molecule has 0 bridgehead atoms. The molecule has 1 heterocycles. The minimum atomic E-state index is -0.416. The molecule has 0 aliphatic carbocycles. The predicted octanol–water partition coefficient (Wildman–Crippen LogP) is 3.24. The Labute approximate surface area is 137 Å². The molecule has 1 aromatic carbocycles. The maximum absolute atomic E-state index is 12.8. The van der Waals surface area contributed by atoms with Crippen LogP contribution in [-0.4, -0.2) is 24.0 Å². The Kier molecular flexibility index (Phi) is 6.17. The van der Waals surface area contributed by atoms with Gasteiger partial charge in [0.05, 0.1) is 11.4 Å². The molecule has 0 unspecified atom stereocenters. The summed E-state index contributed by atoms with van der Waals surface area (Å²) in [6.07, 6.45) is 0.932. The van der Waals surface area contributed by atoms with Crippen molar-refractivity contribution >= 4 is 28.8 Å². The van der Waals surface area contributed by atoms with Gasteiger partial charge in [0.25, 0.3) is 0 Å². The van der Waals surface area contributed by atoms with E-state index in [1.165, 1.54) is 35.6 Å². The second kappa shape index (κ2) is 8.33. The number of ketones is 2. The first-order chi connectivity index (χ1) is 11.1. The van der Waals surface area contributed by atoms with Gasteiger partial charge in [-0.2, -0.15) is 0 Å². The van der Waals surface area contributed by atoms with Crippen LogP contribution in [-0.2, 0) is 4.79 Å². The predicted molar refractivity (Wildman–Crippen MR) is 86.2 cm³/mol. The zero-order valence-electron chi connectivity index (χ0n) is 12.4. The summed E-state index contributed by atoms with van der Waals surface area (Å²) in [6.45, 7) is -0.136. The average molecular weight is 333 g/mol. The third-order valence-electron chi connectivity index (χ3n) is 3.22. The molecule has 120 valence electrons. The molecule has 0 saturated heterocycles. The van der Waals surface area contributed by atoms with E-state index < -0.39 is 5.82 Å². The number of carbonyl (C=O) groups is 3. The minimum absolute atomic E-state index is 0.0233. The summed E-state index contributed by atoms with van der Waals surface area (Å²) in [5.74, 6) is -0.955. The number of halogens is 1. The van der Waals surface area contributed by atoms with Crippen molar-refractivity contribution in [2.75, 3.05) is 6.54 Å². The van der Waals surface area contributed by atoms with Crippen LogP contribution in [0.2, 0.25) is 0 Å². The van der Waals surface area contributed by atoms with Crippen LogP contribution in [0.15, 0.2) is 41.8 Å². The zero-order valence-corrected chi connectivity index (χ0v) is 13.2. The molecule has 0 atom stereocenters. The number of Topliss-reactive ketones (excluding diaryl/α,β-unsaturated/α-hetero) is 2. The van der Waals surface area contributed by atoms with Crippen LogP contribution in [0.1, 0.15) is 39.3 Å². The zero-order chi connectivity index (χ0) is 16.7. The fraction of sp³-hybridized carbons (Fsp3) is 0.235. The highest BCUT2D eigenvalue weighted by atomic mass is 32.1. The van der Waals surface area contributed by atoms with Crippen molar-refractivity contribution in [3.8, 4) is 0 Å². The van der Waals surface area contributed by atoms with Gasteiger partial charge in [0.1, 0.15) is 5.82 Å². The van der Waals surface area contributed by atoms with Crippen LogP contribution in [0.25, 0.3) is 0 Å². The molecule has 0 aliphatic heterocycles. The van der Waals surface area contributed by atoms with Crippen molar-refractivity contribution in [2.45, 2.75) is 19.3 Å². The number of hydrogen-bond acceptors (Lipinski definition) is 4. The maximum Gasteiger partial charge on any atom is 0.220 e. The fourth-order valence-corrected chi connectivity index (χ4v) is 2.67. The van der Waals surface area contributed by atoms with Crippen molar-refractivity contribution in [3.63, 3.8) is 0 Å². The average Bonchev–Trinajstić information content (AvgIpc) is 3.07. The number of rotatable bonds is 8. The van der Waals surface area contributed by atoms with Gasteiger partial charge in [0, 0.05) is 18.4 Å². The van der Waals surface area contributed by atoms with Crippen molar-refractivity contribution in [3.05, 3.63) is 58.0 Å². The minimum Gasteiger partial charge on any atom is -0.349 e. The third-order valence-corrected chi connectivity index (χ3v) is 4.13. The molecule has 0 spiro atoms. The van der Waals surface area contributed by atoms with Crippen LogP contribution in [0, 0.1) is 5.82 Å². The Morgan fingerprint density at radius 2 is 1.74 bits per heavy atom. The summed E-state index contributed by atoms with van der Waals surface area (Å²) in [4.78, 5) is 35.9. The molecular formula is C17H16FNO3S. The Hall–Kier alpha value is -2.34. The first kappa shape index (κ1) is 17.0. The van der Waals surface area contributed by atoms with E-state index in [0.29, 0.717) is 23.3 Å². The second-order valence-electron chi connectivity index (χ2n) is 4.96. The second-order valence-corrected chi connectivity index (χ2v) is 5.91. The quantitative estimate of drug-likeness (QED) is 0.754. The lowest BCUT2D eigenvalue weighted by Gasteiger charge is -2.04. The number of nitrogens with one attached hydrogen (secondary N) is 1. The van der Waals surface area contributed by atoms with E-state index in [1.54, 1.807) is 6.07 Å². The fourth-order valence-electron chi connectivity index (χ4n) is 1.98. The van der Waals surface area contributed by atoms with Gasteiger partial charge < -0.3 is 5.32 Å². The van der Waals surface area contributed by atoms with Gasteiger partial charge in [-0.15, -0.1) is 11.3 Å². The van der Waals surface area contributed by atoms with Crippen LogP contribution < -0.4 is 5.32 Å². The largest absolute Gasteiger partial charge is 0.349 e. The third kappa shape index (κ3) is 5.41. The lowest BCUT2D eigenvalue weighted by Crippen LogP contribution is -2.29. The molecule has 0 fully saturated rings. The summed E-state index contributed by atoms with van der Waals surface area (Å²) in [6, 6.07) is 8.73. The van der Waals surface area contributed by atoms with Gasteiger partial charge in [-0.3, -0.25) is 14.4 Å². The van der Waals surface area contributed by atoms with E-state index in [0.717, 1.165) is 0 Å². The standard InChI is InChI=1S/C17H16FNO3S/c18-13-8-6-12(7-9-13)15(21)11-19-17(22)5-1-3-14(20)16-4-2-10-23-16/h2,4,6-10H,1,3,5,11H2,(H,19,22). The monoisotopic (exact) mass is 333 g/mol. The number of benzene rings is 1. The summed E-state index contributed by atoms with van der Waals surface area (Å²) >= 11 is 1.38. The normalized spacial score (nSPS) is 10.3. The van der Waals surface area contributed by atoms with Gasteiger partial charge in [-0.1, -0.05) is 6.07 Å². The number of hydrogen-bond donors (Lipinski definition) is 1. The van der Waals surface area contributed by atoms with E-state index in [2.05, 4.69) is 5.32 Å². The van der Waals surface area contributed by atoms with E-state index in [9.17, 15) is 18.8 Å². The molecule has 1 aromatic heterocycles. The molecule has 2 rings (SSSR count). The summed E-state index contributed by atoms with van der Waals surface area (Å²) in [7, 11) is 0. The number of carbonyl (C=O) groups excluding carboxylic acids is 3. The highest BCUT2D eigenvalue weighted by Gasteiger charge is 2.10. The van der Waals surface area contributed by atoms with Crippen molar-refractivity contribution in [1.29, 1.82) is 0 Å². The molecule has 2 aromatic rings. The summed E-state index contributed by atoms with van der Waals surface area (Å²) < 4.78 is 12.8. The lowest BCUT2D eigenvalue weighted by atomic mass is 10.1. The van der Waals surface area contributed by atoms with Crippen LogP contribution in [0.4, 0.5) is 4.39 Å². The highest BCUT2D eigenvalue weighted by Crippen LogP contribution is 2.13. The lowest BCUT2D eigenvalue weighted by molar-refractivity contribution is -0.121. The van der Waals surface area contributed by atoms with Gasteiger partial charge in [-0.05, 0) is 42.1 Å². The molecule has 1 amide bonds. The van der Waals surface area contributed by atoms with Crippen molar-refractivity contribution in [1.82, 2.24) is 5.32 Å². The number of thiophene rings is 1. The molecule has 4 nitrogen and oxygen atoms in total. The van der Waals surface area contributed by atoms with E-state index in [-0.39, 0.29) is 30.4 Å². The molecule has 1 N–H and O–H groups in total. The first-order valence-electron chi connectivity index (χ1n) is 7.18. The van der Waals surface area contributed by atoms with Crippen LogP contribution >= 0.6 is 11.3 Å². The number of amides is 1. The van der Waals surface area contributed by atoms with E-state index >= 15 is 0 Å². The molecule has 0 radical (unpaired) electrons. The van der Waals surface area contributed by atoms with Gasteiger partial charge in [0.15, 0.2) is 11.6 Å². The molecule has 0 saturated carbocycles. The Morgan fingerprint density at radius 3 is 2.39 bits per heavy atom. The van der Waals surface area contributed by atoms with Crippen LogP contribution in [0.3, 0.4) is 0 Å². The first-order valence-corrected chi connectivity index (χ1v) is 8.06. The van der Waals surface area contributed by atoms with Gasteiger partial charge in [0.2, 0.25) is 5.91 Å². The highest BCUT2D eigenvalue weighted by molar-refractivity contribution is 7.12. The summed E-state index contributed by atoms with van der Waals surface area (Å²) in [5, 5.41) is 4.35. The topological polar surface area (TPSA) is 63.2 Å². The van der Waals surface area contributed by atoms with Crippen LogP contribution in [0.5, 0.6) is 0 Å². The van der Waals surface area contributed by atoms with Gasteiger partial charge in [-0.25, -0.2) is 4.39 Å². The van der Waals surface area contributed by atoms with E-state index in [4.69, 9.17) is 0 Å². The van der Waals surface area contributed by atoms with E-state index in [1.807, 2.05) is 11.4 Å². The Balaban J connectivity index is 1.68. The Morgan fingerprint density at radius 1 is 1.00 bits per heavy atom. The smallest absolute Gasteiger partial charge is 0.220 e.